The number of hydrogen-bond donors (Lipinski definition) is 1. The number of nitrogens with one attached hydrogen (secondary N) is 1. The summed E-state index contributed by atoms with van der Waals surface area (Å²) in [6.45, 7) is 4.39. The molecule has 0 spiro atoms. The SMILES string of the molecule is CCC1(CC)c2ccccc2-c2cc([N+](=O)[O-])c(Nc3ccc(Br)cc3)cc21. The summed E-state index contributed by atoms with van der Waals surface area (Å²) < 4.78 is 0.966. The van der Waals surface area contributed by atoms with E-state index in [-0.39, 0.29) is 16.0 Å². The van der Waals surface area contributed by atoms with Crippen molar-refractivity contribution in [1.29, 1.82) is 0 Å². The Morgan fingerprint density at radius 2 is 1.64 bits per heavy atom. The third kappa shape index (κ3) is 2.81. The molecule has 142 valence electrons. The summed E-state index contributed by atoms with van der Waals surface area (Å²) >= 11 is 3.42. The van der Waals surface area contributed by atoms with Crippen molar-refractivity contribution in [2.75, 3.05) is 5.32 Å². The first-order chi connectivity index (χ1) is 13.5. The molecule has 1 aliphatic rings. The van der Waals surface area contributed by atoms with Crippen LogP contribution >= 0.6 is 15.9 Å². The standard InChI is InChI=1S/C23H21BrN2O2/c1-3-23(4-2)19-8-6-5-7-17(19)18-13-22(26(27)28)21(14-20(18)23)25-16-11-9-15(24)10-12-16/h5-14,25H,3-4H2,1-2H3. The first-order valence-corrected chi connectivity index (χ1v) is 10.2. The van der Waals surface area contributed by atoms with Gasteiger partial charge in [-0.2, -0.15) is 0 Å². The van der Waals surface area contributed by atoms with Gasteiger partial charge in [-0.25, -0.2) is 0 Å². The molecule has 0 saturated carbocycles. The fourth-order valence-corrected chi connectivity index (χ4v) is 4.70. The summed E-state index contributed by atoms with van der Waals surface area (Å²) in [5, 5.41) is 15.1. The number of rotatable bonds is 5. The lowest BCUT2D eigenvalue weighted by molar-refractivity contribution is -0.383. The molecule has 0 atom stereocenters. The van der Waals surface area contributed by atoms with Gasteiger partial charge in [0.15, 0.2) is 0 Å². The lowest BCUT2D eigenvalue weighted by Crippen LogP contribution is -2.23. The second-order valence-corrected chi connectivity index (χ2v) is 8.05. The summed E-state index contributed by atoms with van der Waals surface area (Å²) in [6.07, 6.45) is 1.89. The lowest BCUT2D eigenvalue weighted by Gasteiger charge is -2.29. The number of hydrogen-bond acceptors (Lipinski definition) is 3. The van der Waals surface area contributed by atoms with Crippen molar-refractivity contribution >= 4 is 33.0 Å². The molecule has 0 heterocycles. The highest BCUT2D eigenvalue weighted by Crippen LogP contribution is 2.54. The predicted octanol–water partition coefficient (Wildman–Crippen LogP) is 7.19. The van der Waals surface area contributed by atoms with Gasteiger partial charge in [-0.05, 0) is 65.4 Å². The van der Waals surface area contributed by atoms with Crippen LogP contribution in [0, 0.1) is 10.1 Å². The maximum atomic E-state index is 11.8. The zero-order chi connectivity index (χ0) is 19.9. The maximum absolute atomic E-state index is 11.8. The molecule has 3 aromatic carbocycles. The molecule has 4 nitrogen and oxygen atoms in total. The van der Waals surface area contributed by atoms with E-state index >= 15 is 0 Å². The molecular formula is C23H21BrN2O2. The van der Waals surface area contributed by atoms with E-state index in [1.165, 1.54) is 11.1 Å². The van der Waals surface area contributed by atoms with Crippen LogP contribution in [-0.4, -0.2) is 4.92 Å². The number of fused-ring (bicyclic) bond motifs is 3. The molecule has 0 amide bonds. The van der Waals surface area contributed by atoms with Crippen molar-refractivity contribution in [3.8, 4) is 11.1 Å². The van der Waals surface area contributed by atoms with Crippen LogP contribution in [0.4, 0.5) is 17.1 Å². The lowest BCUT2D eigenvalue weighted by atomic mass is 9.74. The van der Waals surface area contributed by atoms with Crippen LogP contribution in [-0.2, 0) is 5.41 Å². The number of halogens is 1. The molecule has 0 radical (unpaired) electrons. The second kappa shape index (κ2) is 7.06. The van der Waals surface area contributed by atoms with Crippen LogP contribution in [0.15, 0.2) is 65.1 Å². The molecule has 0 aliphatic heterocycles. The molecule has 0 bridgehead atoms. The van der Waals surface area contributed by atoms with Gasteiger partial charge in [-0.3, -0.25) is 10.1 Å². The average Bonchev–Trinajstić information content (AvgIpc) is 2.98. The van der Waals surface area contributed by atoms with E-state index in [4.69, 9.17) is 0 Å². The van der Waals surface area contributed by atoms with E-state index in [0.29, 0.717) is 5.69 Å². The van der Waals surface area contributed by atoms with E-state index in [2.05, 4.69) is 53.3 Å². The topological polar surface area (TPSA) is 55.2 Å². The van der Waals surface area contributed by atoms with Gasteiger partial charge in [0.05, 0.1) is 4.92 Å². The normalized spacial score (nSPS) is 13.7. The van der Waals surface area contributed by atoms with Crippen LogP contribution in [0.5, 0.6) is 0 Å². The van der Waals surface area contributed by atoms with E-state index in [9.17, 15) is 10.1 Å². The summed E-state index contributed by atoms with van der Waals surface area (Å²) in [5.41, 5.74) is 5.86. The predicted molar refractivity (Wildman–Crippen MR) is 117 cm³/mol. The van der Waals surface area contributed by atoms with Gasteiger partial charge in [-0.15, -0.1) is 0 Å². The number of benzene rings is 3. The van der Waals surface area contributed by atoms with Gasteiger partial charge in [0, 0.05) is 21.6 Å². The Hall–Kier alpha value is -2.66. The van der Waals surface area contributed by atoms with Crippen molar-refractivity contribution in [2.45, 2.75) is 32.1 Å². The Morgan fingerprint density at radius 3 is 2.29 bits per heavy atom. The number of anilines is 2. The smallest absolute Gasteiger partial charge is 0.293 e. The van der Waals surface area contributed by atoms with E-state index < -0.39 is 0 Å². The molecule has 1 aliphatic carbocycles. The Bertz CT molecular complexity index is 1060. The quantitative estimate of drug-likeness (QED) is 0.340. The van der Waals surface area contributed by atoms with Crippen LogP contribution < -0.4 is 5.32 Å². The van der Waals surface area contributed by atoms with Crippen molar-refractivity contribution in [3.63, 3.8) is 0 Å². The second-order valence-electron chi connectivity index (χ2n) is 7.14. The van der Waals surface area contributed by atoms with Gasteiger partial charge in [-0.1, -0.05) is 54.0 Å². The molecule has 0 saturated heterocycles. The fourth-order valence-electron chi connectivity index (χ4n) is 4.44. The largest absolute Gasteiger partial charge is 0.350 e. The molecule has 0 fully saturated rings. The Morgan fingerprint density at radius 1 is 0.964 bits per heavy atom. The molecular weight excluding hydrogens is 416 g/mol. The molecule has 28 heavy (non-hydrogen) atoms. The van der Waals surface area contributed by atoms with Gasteiger partial charge < -0.3 is 5.32 Å². The highest BCUT2D eigenvalue weighted by molar-refractivity contribution is 9.10. The van der Waals surface area contributed by atoms with Crippen molar-refractivity contribution < 1.29 is 4.92 Å². The molecule has 4 rings (SSSR count). The van der Waals surface area contributed by atoms with Gasteiger partial charge in [0.25, 0.3) is 5.69 Å². The Labute approximate surface area is 172 Å². The minimum absolute atomic E-state index is 0.0967. The number of nitrogens with zero attached hydrogens (tertiary/aromatic N) is 1. The Kier molecular flexibility index (Phi) is 4.71. The van der Waals surface area contributed by atoms with Crippen molar-refractivity contribution in [3.05, 3.63) is 86.4 Å². The van der Waals surface area contributed by atoms with Gasteiger partial charge in [0.1, 0.15) is 5.69 Å². The van der Waals surface area contributed by atoms with Crippen LogP contribution in [0.2, 0.25) is 0 Å². The van der Waals surface area contributed by atoms with Crippen LogP contribution in [0.3, 0.4) is 0 Å². The van der Waals surface area contributed by atoms with Crippen LogP contribution in [0.1, 0.15) is 37.8 Å². The van der Waals surface area contributed by atoms with E-state index in [1.807, 2.05) is 36.4 Å². The summed E-state index contributed by atoms with van der Waals surface area (Å²) in [6, 6.07) is 19.7. The van der Waals surface area contributed by atoms with E-state index in [1.54, 1.807) is 6.07 Å². The third-order valence-electron chi connectivity index (χ3n) is 5.91. The van der Waals surface area contributed by atoms with E-state index in [0.717, 1.165) is 34.1 Å². The van der Waals surface area contributed by atoms with Crippen molar-refractivity contribution in [1.82, 2.24) is 0 Å². The first-order valence-electron chi connectivity index (χ1n) is 9.45. The monoisotopic (exact) mass is 436 g/mol. The molecule has 0 unspecified atom stereocenters. The summed E-state index contributed by atoms with van der Waals surface area (Å²) in [5.74, 6) is 0. The minimum Gasteiger partial charge on any atom is -0.350 e. The highest BCUT2D eigenvalue weighted by atomic mass is 79.9. The molecule has 1 N–H and O–H groups in total. The maximum Gasteiger partial charge on any atom is 0.293 e. The highest BCUT2D eigenvalue weighted by Gasteiger charge is 2.41. The molecule has 0 aromatic heterocycles. The third-order valence-corrected chi connectivity index (χ3v) is 6.44. The number of nitro benzene ring substituents is 1. The molecule has 5 heteroatoms. The fraction of sp³-hybridized carbons (Fsp3) is 0.217. The zero-order valence-corrected chi connectivity index (χ0v) is 17.4. The van der Waals surface area contributed by atoms with Crippen molar-refractivity contribution in [2.24, 2.45) is 0 Å². The average molecular weight is 437 g/mol. The van der Waals surface area contributed by atoms with Gasteiger partial charge in [0.2, 0.25) is 0 Å². The Balaban J connectivity index is 1.92. The molecule has 3 aromatic rings. The minimum atomic E-state index is -0.304. The summed E-state index contributed by atoms with van der Waals surface area (Å²) in [4.78, 5) is 11.5. The van der Waals surface area contributed by atoms with Gasteiger partial charge >= 0.3 is 0 Å². The van der Waals surface area contributed by atoms with Crippen LogP contribution in [0.25, 0.3) is 11.1 Å². The number of nitro groups is 1. The summed E-state index contributed by atoms with van der Waals surface area (Å²) in [7, 11) is 0. The first kappa shape index (κ1) is 18.7. The zero-order valence-electron chi connectivity index (χ0n) is 15.8.